The van der Waals surface area contributed by atoms with Gasteiger partial charge in [-0.15, -0.1) is 0 Å². The van der Waals surface area contributed by atoms with Gasteiger partial charge in [-0.2, -0.15) is 0 Å². The van der Waals surface area contributed by atoms with Crippen molar-refractivity contribution in [1.29, 1.82) is 0 Å². The Morgan fingerprint density at radius 1 is 0.962 bits per heavy atom. The van der Waals surface area contributed by atoms with Crippen LogP contribution in [0.5, 0.6) is 5.75 Å². The molecule has 144 valence electrons. The number of hydrogen-bond acceptors (Lipinski definition) is 6. The molecule has 0 heterocycles. The standard InChI is InChI=1S/C18H22Br2O6/c1-11(19)16(22)25-10-9-24-14-7-5-13(6-8-14)15(21)18(3,4)26-17(23)12(2)20/h5-8,11-12H,9-10H2,1-4H3. The molecule has 2 atom stereocenters. The molecular weight excluding hydrogens is 472 g/mol. The second kappa shape index (κ2) is 10.1. The lowest BCUT2D eigenvalue weighted by molar-refractivity contribution is -0.151. The average molecular weight is 494 g/mol. The summed E-state index contributed by atoms with van der Waals surface area (Å²) in [4.78, 5) is 34.7. The lowest BCUT2D eigenvalue weighted by Gasteiger charge is -2.24. The van der Waals surface area contributed by atoms with Gasteiger partial charge < -0.3 is 14.2 Å². The van der Waals surface area contributed by atoms with E-state index >= 15 is 0 Å². The van der Waals surface area contributed by atoms with Crippen molar-refractivity contribution in [3.63, 3.8) is 0 Å². The van der Waals surface area contributed by atoms with Crippen LogP contribution in [0.2, 0.25) is 0 Å². The highest BCUT2D eigenvalue weighted by atomic mass is 79.9. The second-order valence-corrected chi connectivity index (χ2v) is 8.78. The molecule has 0 aliphatic carbocycles. The first-order valence-corrected chi connectivity index (χ1v) is 9.83. The van der Waals surface area contributed by atoms with Crippen molar-refractivity contribution in [2.45, 2.75) is 43.0 Å². The first-order valence-electron chi connectivity index (χ1n) is 8.00. The predicted octanol–water partition coefficient (Wildman–Crippen LogP) is 3.68. The van der Waals surface area contributed by atoms with E-state index in [4.69, 9.17) is 14.2 Å². The van der Waals surface area contributed by atoms with E-state index < -0.39 is 16.4 Å². The van der Waals surface area contributed by atoms with Crippen molar-refractivity contribution >= 4 is 49.6 Å². The number of esters is 2. The maximum Gasteiger partial charge on any atom is 0.320 e. The maximum absolute atomic E-state index is 12.5. The predicted molar refractivity (Wildman–Crippen MR) is 104 cm³/mol. The molecule has 0 aromatic heterocycles. The van der Waals surface area contributed by atoms with Crippen molar-refractivity contribution in [3.8, 4) is 5.75 Å². The third-order valence-electron chi connectivity index (χ3n) is 3.27. The first-order chi connectivity index (χ1) is 12.0. The summed E-state index contributed by atoms with van der Waals surface area (Å²) in [5.41, 5.74) is -0.876. The Balaban J connectivity index is 2.59. The van der Waals surface area contributed by atoms with Gasteiger partial charge in [0.2, 0.25) is 5.78 Å². The van der Waals surface area contributed by atoms with Crippen molar-refractivity contribution in [2.75, 3.05) is 13.2 Å². The van der Waals surface area contributed by atoms with Crippen molar-refractivity contribution in [2.24, 2.45) is 0 Å². The van der Waals surface area contributed by atoms with E-state index in [-0.39, 0.29) is 29.8 Å². The number of benzene rings is 1. The molecule has 8 heteroatoms. The molecule has 0 saturated carbocycles. The van der Waals surface area contributed by atoms with Crippen LogP contribution >= 0.6 is 31.9 Å². The lowest BCUT2D eigenvalue weighted by Crippen LogP contribution is -2.39. The number of halogens is 2. The Kier molecular flexibility index (Phi) is 8.76. The van der Waals surface area contributed by atoms with Gasteiger partial charge in [-0.3, -0.25) is 14.4 Å². The normalized spacial score (nSPS) is 13.5. The van der Waals surface area contributed by atoms with E-state index in [1.807, 2.05) is 0 Å². The average Bonchev–Trinajstić information content (AvgIpc) is 2.57. The molecule has 0 aliphatic rings. The molecule has 0 spiro atoms. The zero-order valence-electron chi connectivity index (χ0n) is 15.1. The molecule has 0 bridgehead atoms. The van der Waals surface area contributed by atoms with Gasteiger partial charge in [-0.25, -0.2) is 0 Å². The van der Waals surface area contributed by atoms with Crippen LogP contribution < -0.4 is 4.74 Å². The Labute approximate surface area is 169 Å². The van der Waals surface area contributed by atoms with E-state index in [2.05, 4.69) is 31.9 Å². The Hall–Kier alpha value is -1.41. The quantitative estimate of drug-likeness (QED) is 0.226. The van der Waals surface area contributed by atoms with Crippen LogP contribution in [0.4, 0.5) is 0 Å². The minimum absolute atomic E-state index is 0.128. The number of ether oxygens (including phenoxy) is 3. The summed E-state index contributed by atoms with van der Waals surface area (Å²) in [6.45, 7) is 6.73. The number of Topliss-reactive ketones (excluding diaryl/α,β-unsaturated/α-hetero) is 1. The fourth-order valence-electron chi connectivity index (χ4n) is 1.85. The van der Waals surface area contributed by atoms with Gasteiger partial charge in [0.25, 0.3) is 0 Å². The van der Waals surface area contributed by atoms with Crippen molar-refractivity contribution in [3.05, 3.63) is 29.8 Å². The largest absolute Gasteiger partial charge is 0.490 e. The molecule has 26 heavy (non-hydrogen) atoms. The van der Waals surface area contributed by atoms with E-state index in [0.717, 1.165) is 0 Å². The van der Waals surface area contributed by atoms with Gasteiger partial charge in [-0.05, 0) is 52.0 Å². The van der Waals surface area contributed by atoms with Crippen LogP contribution in [0.15, 0.2) is 24.3 Å². The number of carbonyl (C=O) groups is 3. The molecule has 1 aromatic carbocycles. The summed E-state index contributed by atoms with van der Waals surface area (Å²) >= 11 is 6.23. The van der Waals surface area contributed by atoms with Gasteiger partial charge >= 0.3 is 11.9 Å². The minimum Gasteiger partial charge on any atom is -0.490 e. The van der Waals surface area contributed by atoms with E-state index in [0.29, 0.717) is 11.3 Å². The summed E-state index contributed by atoms with van der Waals surface area (Å²) < 4.78 is 15.7. The fourth-order valence-corrected chi connectivity index (χ4v) is 2.07. The van der Waals surface area contributed by atoms with Crippen LogP contribution in [0.1, 0.15) is 38.1 Å². The van der Waals surface area contributed by atoms with E-state index in [9.17, 15) is 14.4 Å². The third-order valence-corrected chi connectivity index (χ3v) is 4.01. The Bertz CT molecular complexity index is 638. The highest BCUT2D eigenvalue weighted by molar-refractivity contribution is 9.10. The molecule has 2 unspecified atom stereocenters. The number of alkyl halides is 2. The van der Waals surface area contributed by atoms with Gasteiger partial charge in [0, 0.05) is 5.56 Å². The van der Waals surface area contributed by atoms with Crippen LogP contribution in [0.3, 0.4) is 0 Å². The SMILES string of the molecule is CC(Br)C(=O)OCCOc1ccc(C(=O)C(C)(C)OC(=O)C(C)Br)cc1. The molecule has 0 N–H and O–H groups in total. The van der Waals surface area contributed by atoms with Gasteiger partial charge in [0.15, 0.2) is 5.60 Å². The summed E-state index contributed by atoms with van der Waals surface area (Å²) in [6, 6.07) is 6.45. The first kappa shape index (κ1) is 22.6. The fraction of sp³-hybridized carbons (Fsp3) is 0.500. The Morgan fingerprint density at radius 2 is 1.50 bits per heavy atom. The van der Waals surface area contributed by atoms with Crippen LogP contribution in [-0.2, 0) is 19.1 Å². The number of carbonyl (C=O) groups excluding carboxylic acids is 3. The lowest BCUT2D eigenvalue weighted by atomic mass is 9.96. The molecule has 1 aromatic rings. The second-order valence-electron chi connectivity index (χ2n) is 6.03. The number of ketones is 1. The van der Waals surface area contributed by atoms with Gasteiger partial charge in [-0.1, -0.05) is 31.9 Å². The molecule has 1 rings (SSSR count). The molecule has 0 aliphatic heterocycles. The molecule has 0 amide bonds. The Morgan fingerprint density at radius 3 is 2.00 bits per heavy atom. The topological polar surface area (TPSA) is 78.9 Å². The highest BCUT2D eigenvalue weighted by Crippen LogP contribution is 2.21. The van der Waals surface area contributed by atoms with Gasteiger partial charge in [0.1, 0.15) is 28.6 Å². The van der Waals surface area contributed by atoms with E-state index in [1.54, 1.807) is 52.0 Å². The molecule has 0 radical (unpaired) electrons. The molecular formula is C18H22Br2O6. The summed E-state index contributed by atoms with van der Waals surface area (Å²) in [5.74, 6) is -0.640. The summed E-state index contributed by atoms with van der Waals surface area (Å²) in [6.07, 6.45) is 0. The molecule has 0 saturated heterocycles. The van der Waals surface area contributed by atoms with Crippen LogP contribution in [0.25, 0.3) is 0 Å². The maximum atomic E-state index is 12.5. The smallest absolute Gasteiger partial charge is 0.320 e. The number of rotatable bonds is 9. The van der Waals surface area contributed by atoms with Crippen LogP contribution in [-0.4, -0.2) is 46.2 Å². The molecule has 0 fully saturated rings. The van der Waals surface area contributed by atoms with Gasteiger partial charge in [0.05, 0.1) is 0 Å². The van der Waals surface area contributed by atoms with Crippen LogP contribution in [0, 0.1) is 0 Å². The third kappa shape index (κ3) is 7.07. The van der Waals surface area contributed by atoms with Crippen molar-refractivity contribution in [1.82, 2.24) is 0 Å². The highest BCUT2D eigenvalue weighted by Gasteiger charge is 2.33. The zero-order valence-corrected chi connectivity index (χ0v) is 18.3. The zero-order chi connectivity index (χ0) is 19.9. The summed E-state index contributed by atoms with van der Waals surface area (Å²) in [7, 11) is 0. The minimum atomic E-state index is -1.28. The number of hydrogen-bond donors (Lipinski definition) is 0. The van der Waals surface area contributed by atoms with Crippen molar-refractivity contribution < 1.29 is 28.6 Å². The van der Waals surface area contributed by atoms with E-state index in [1.165, 1.54) is 0 Å². The monoisotopic (exact) mass is 492 g/mol. The molecule has 6 nitrogen and oxygen atoms in total. The summed E-state index contributed by atoms with van der Waals surface area (Å²) in [5, 5.41) is 0.